The lowest BCUT2D eigenvalue weighted by atomic mass is 10.1. The van der Waals surface area contributed by atoms with Crippen LogP contribution in [0.3, 0.4) is 0 Å². The van der Waals surface area contributed by atoms with Crippen molar-refractivity contribution in [2.24, 2.45) is 4.99 Å². The number of halogens is 1. The van der Waals surface area contributed by atoms with Gasteiger partial charge < -0.3 is 20.4 Å². The zero-order valence-corrected chi connectivity index (χ0v) is 19.2. The van der Waals surface area contributed by atoms with Crippen molar-refractivity contribution < 1.29 is 4.79 Å². The molecule has 1 aromatic heterocycles. The molecule has 2 N–H and O–H groups in total. The van der Waals surface area contributed by atoms with E-state index in [2.05, 4.69) is 38.9 Å². The summed E-state index contributed by atoms with van der Waals surface area (Å²) in [4.78, 5) is 21.7. The third-order valence-corrected chi connectivity index (χ3v) is 5.23. The van der Waals surface area contributed by atoms with E-state index in [0.717, 1.165) is 38.4 Å². The highest BCUT2D eigenvalue weighted by molar-refractivity contribution is 14.0. The number of likely N-dealkylation sites (N-methyl/N-ethyl adjacent to an activating group) is 1. The minimum Gasteiger partial charge on any atom is -0.354 e. The van der Waals surface area contributed by atoms with Crippen molar-refractivity contribution in [3.63, 3.8) is 0 Å². The molecule has 2 heterocycles. The Morgan fingerprint density at radius 3 is 2.69 bits per heavy atom. The monoisotopic (exact) mass is 493 g/mol. The lowest BCUT2D eigenvalue weighted by Crippen LogP contribution is -2.48. The molecule has 0 bridgehead atoms. The molecule has 1 amide bonds. The quantitative estimate of drug-likeness (QED) is 0.348. The molecule has 6 nitrogen and oxygen atoms in total. The largest absolute Gasteiger partial charge is 0.354 e. The Morgan fingerprint density at radius 2 is 2.12 bits per heavy atom. The topological polar surface area (TPSA) is 60.0 Å². The van der Waals surface area contributed by atoms with Gasteiger partial charge in [-0.15, -0.1) is 35.3 Å². The Hall–Kier alpha value is -0.870. The molecular weight excluding hydrogens is 461 g/mol. The van der Waals surface area contributed by atoms with E-state index in [4.69, 9.17) is 0 Å². The number of carbonyl (C=O) groups is 1. The second kappa shape index (κ2) is 12.5. The summed E-state index contributed by atoms with van der Waals surface area (Å²) in [5.74, 6) is 0.743. The Balaban J connectivity index is 0.00000338. The lowest BCUT2D eigenvalue weighted by Gasteiger charge is -2.32. The Kier molecular flexibility index (Phi) is 11.1. The van der Waals surface area contributed by atoms with E-state index in [1.54, 1.807) is 30.3 Å². The molecule has 1 aliphatic rings. The SMILES string of the molecule is CCCN1CCC(NC(=NCC(=O)N(C)C)NCc2cccs2)CC1.I. The van der Waals surface area contributed by atoms with Crippen molar-refractivity contribution >= 4 is 47.2 Å². The van der Waals surface area contributed by atoms with Gasteiger partial charge in [-0.1, -0.05) is 13.0 Å². The van der Waals surface area contributed by atoms with E-state index in [1.807, 2.05) is 6.07 Å². The predicted molar refractivity (Wildman–Crippen MR) is 120 cm³/mol. The van der Waals surface area contributed by atoms with Crippen LogP contribution in [0.1, 0.15) is 31.1 Å². The molecule has 0 aliphatic carbocycles. The minimum absolute atomic E-state index is 0. The van der Waals surface area contributed by atoms with Crippen LogP contribution in [-0.2, 0) is 11.3 Å². The first kappa shape index (κ1) is 23.2. The summed E-state index contributed by atoms with van der Waals surface area (Å²) in [6, 6.07) is 4.56. The molecule has 0 saturated carbocycles. The Bertz CT molecular complexity index is 542. The van der Waals surface area contributed by atoms with Gasteiger partial charge in [-0.2, -0.15) is 0 Å². The number of hydrogen-bond acceptors (Lipinski definition) is 4. The fourth-order valence-corrected chi connectivity index (χ4v) is 3.48. The summed E-state index contributed by atoms with van der Waals surface area (Å²) < 4.78 is 0. The zero-order chi connectivity index (χ0) is 18.1. The van der Waals surface area contributed by atoms with Crippen LogP contribution in [0.2, 0.25) is 0 Å². The molecule has 1 aromatic rings. The van der Waals surface area contributed by atoms with Gasteiger partial charge in [0.1, 0.15) is 6.54 Å². The third-order valence-electron chi connectivity index (χ3n) is 4.35. The third kappa shape index (κ3) is 8.22. The number of nitrogens with one attached hydrogen (secondary N) is 2. The summed E-state index contributed by atoms with van der Waals surface area (Å²) in [5, 5.41) is 8.96. The van der Waals surface area contributed by atoms with Gasteiger partial charge in [0.15, 0.2) is 5.96 Å². The van der Waals surface area contributed by atoms with Gasteiger partial charge >= 0.3 is 0 Å². The molecule has 148 valence electrons. The average molecular weight is 493 g/mol. The molecule has 1 fully saturated rings. The lowest BCUT2D eigenvalue weighted by molar-refractivity contribution is -0.127. The molecule has 26 heavy (non-hydrogen) atoms. The van der Waals surface area contributed by atoms with E-state index >= 15 is 0 Å². The standard InChI is InChI=1S/C18H31N5OS.HI/c1-4-9-23-10-7-15(8-11-23)21-18(20-14-17(24)22(2)3)19-13-16-6-5-12-25-16;/h5-6,12,15H,4,7-11,13-14H2,1-3H3,(H2,19,20,21);1H. The molecule has 0 unspecified atom stereocenters. The van der Waals surface area contributed by atoms with Crippen molar-refractivity contribution in [2.75, 3.05) is 40.3 Å². The number of aliphatic imine (C=N–C) groups is 1. The zero-order valence-electron chi connectivity index (χ0n) is 16.0. The molecule has 0 aromatic carbocycles. The van der Waals surface area contributed by atoms with Crippen LogP contribution in [0.15, 0.2) is 22.5 Å². The summed E-state index contributed by atoms with van der Waals surface area (Å²) in [7, 11) is 3.51. The van der Waals surface area contributed by atoms with Crippen LogP contribution in [0.25, 0.3) is 0 Å². The highest BCUT2D eigenvalue weighted by atomic mass is 127. The summed E-state index contributed by atoms with van der Waals surface area (Å²) in [6.07, 6.45) is 3.43. The summed E-state index contributed by atoms with van der Waals surface area (Å²) in [5.41, 5.74) is 0. The van der Waals surface area contributed by atoms with Crippen LogP contribution in [0.4, 0.5) is 0 Å². The Labute approximate surface area is 178 Å². The van der Waals surface area contributed by atoms with Gasteiger partial charge in [0, 0.05) is 38.1 Å². The maximum absolute atomic E-state index is 11.8. The highest BCUT2D eigenvalue weighted by Gasteiger charge is 2.19. The Morgan fingerprint density at radius 1 is 1.38 bits per heavy atom. The summed E-state index contributed by atoms with van der Waals surface area (Å²) in [6.45, 7) is 6.56. The number of amides is 1. The van der Waals surface area contributed by atoms with E-state index in [1.165, 1.54) is 17.8 Å². The van der Waals surface area contributed by atoms with Gasteiger partial charge in [-0.05, 0) is 37.3 Å². The number of rotatable bonds is 7. The van der Waals surface area contributed by atoms with Crippen LogP contribution >= 0.6 is 35.3 Å². The molecule has 0 spiro atoms. The first-order valence-electron chi connectivity index (χ1n) is 9.08. The van der Waals surface area contributed by atoms with Crippen LogP contribution < -0.4 is 10.6 Å². The van der Waals surface area contributed by atoms with Gasteiger partial charge in [-0.3, -0.25) is 4.79 Å². The van der Waals surface area contributed by atoms with Crippen molar-refractivity contribution in [1.82, 2.24) is 20.4 Å². The number of nitrogens with zero attached hydrogens (tertiary/aromatic N) is 3. The van der Waals surface area contributed by atoms with E-state index in [0.29, 0.717) is 6.04 Å². The average Bonchev–Trinajstić information content (AvgIpc) is 3.12. The maximum Gasteiger partial charge on any atom is 0.243 e. The fourth-order valence-electron chi connectivity index (χ4n) is 2.84. The van der Waals surface area contributed by atoms with Crippen LogP contribution in [0.5, 0.6) is 0 Å². The van der Waals surface area contributed by atoms with Crippen molar-refractivity contribution in [3.05, 3.63) is 22.4 Å². The normalized spacial score (nSPS) is 16.0. The van der Waals surface area contributed by atoms with E-state index in [-0.39, 0.29) is 36.4 Å². The van der Waals surface area contributed by atoms with Crippen LogP contribution in [-0.4, -0.2) is 68.0 Å². The summed E-state index contributed by atoms with van der Waals surface area (Å²) >= 11 is 1.72. The van der Waals surface area contributed by atoms with E-state index < -0.39 is 0 Å². The van der Waals surface area contributed by atoms with Gasteiger partial charge in [0.2, 0.25) is 5.91 Å². The fraction of sp³-hybridized carbons (Fsp3) is 0.667. The number of guanidine groups is 1. The number of hydrogen-bond donors (Lipinski definition) is 2. The smallest absolute Gasteiger partial charge is 0.243 e. The molecule has 1 aliphatic heterocycles. The second-order valence-corrected chi connectivity index (χ2v) is 7.68. The number of likely N-dealkylation sites (tertiary alicyclic amines) is 1. The van der Waals surface area contributed by atoms with Gasteiger partial charge in [0.25, 0.3) is 0 Å². The second-order valence-electron chi connectivity index (χ2n) is 6.65. The molecular formula is C18H32IN5OS. The van der Waals surface area contributed by atoms with Crippen LogP contribution in [0, 0.1) is 0 Å². The number of piperidine rings is 1. The molecule has 0 atom stereocenters. The van der Waals surface area contributed by atoms with E-state index in [9.17, 15) is 4.79 Å². The highest BCUT2D eigenvalue weighted by Crippen LogP contribution is 2.11. The predicted octanol–water partition coefficient (Wildman–Crippen LogP) is 2.36. The molecule has 8 heteroatoms. The minimum atomic E-state index is 0. The van der Waals surface area contributed by atoms with Gasteiger partial charge in [-0.25, -0.2) is 4.99 Å². The van der Waals surface area contributed by atoms with Crippen molar-refractivity contribution in [3.8, 4) is 0 Å². The molecule has 1 saturated heterocycles. The van der Waals surface area contributed by atoms with Gasteiger partial charge in [0.05, 0.1) is 6.54 Å². The number of carbonyl (C=O) groups excluding carboxylic acids is 1. The molecule has 0 radical (unpaired) electrons. The first-order valence-corrected chi connectivity index (χ1v) is 9.96. The number of thiophene rings is 1. The van der Waals surface area contributed by atoms with Crippen molar-refractivity contribution in [2.45, 2.75) is 38.8 Å². The van der Waals surface area contributed by atoms with Crippen molar-refractivity contribution in [1.29, 1.82) is 0 Å². The molecule has 2 rings (SSSR count). The maximum atomic E-state index is 11.8. The first-order chi connectivity index (χ1) is 12.1.